The zero-order valence-electron chi connectivity index (χ0n) is 33.9. The van der Waals surface area contributed by atoms with Crippen LogP contribution in [0.25, 0.3) is 11.0 Å². The molecule has 0 spiro atoms. The molecule has 8 rings (SSSR count). The Labute approximate surface area is 342 Å². The molecular weight excluding hydrogens is 791 g/mol. The lowest BCUT2D eigenvalue weighted by Crippen LogP contribution is -2.60. The Hall–Kier alpha value is -4.35. The first kappa shape index (κ1) is 41.4. The molecule has 0 radical (unpaired) electrons. The third-order valence-corrected chi connectivity index (χ3v) is 15.2. The number of halogens is 2. The molecule has 18 heteroatoms. The summed E-state index contributed by atoms with van der Waals surface area (Å²) in [6.07, 6.45) is 2.20. The number of methoxy groups -OCH3 is 1. The smallest absolute Gasteiger partial charge is 0.408 e. The monoisotopic (exact) mass is 844 g/mol. The van der Waals surface area contributed by atoms with E-state index in [-0.39, 0.29) is 36.8 Å². The average molecular weight is 845 g/mol. The second-order valence-corrected chi connectivity index (χ2v) is 20.5. The molecule has 59 heavy (non-hydrogen) atoms. The van der Waals surface area contributed by atoms with E-state index in [1.54, 1.807) is 32.9 Å². The van der Waals surface area contributed by atoms with Crippen LogP contribution in [0.15, 0.2) is 18.2 Å². The molecule has 4 saturated carbocycles. The van der Waals surface area contributed by atoms with E-state index >= 15 is 0 Å². The Morgan fingerprint density at radius 3 is 2.46 bits per heavy atom. The van der Waals surface area contributed by atoms with E-state index in [1.165, 1.54) is 12.0 Å². The number of carbonyl (C=O) groups excluding carboxylic acids is 4. The summed E-state index contributed by atoms with van der Waals surface area (Å²) in [5.74, 6) is -2.79. The molecule has 4 amide bonds. The Morgan fingerprint density at radius 2 is 1.76 bits per heavy atom. The number of sulfonamides is 1. The molecule has 6 aliphatic rings. The lowest BCUT2D eigenvalue weighted by atomic mass is 9.82. The van der Waals surface area contributed by atoms with Crippen molar-refractivity contribution in [2.75, 3.05) is 13.7 Å². The van der Waals surface area contributed by atoms with Gasteiger partial charge in [-0.3, -0.25) is 19.1 Å². The molecular formula is C41H54F2N6O9S. The largest absolute Gasteiger partial charge is 0.497 e. The molecule has 4 aliphatic carbocycles. The third kappa shape index (κ3) is 8.26. The number of nitrogens with one attached hydrogen (secondary N) is 3. The molecule has 5 fully saturated rings. The van der Waals surface area contributed by atoms with Crippen LogP contribution in [-0.2, 0) is 35.6 Å². The summed E-state index contributed by atoms with van der Waals surface area (Å²) in [6.45, 7) is 5.14. The van der Waals surface area contributed by atoms with Gasteiger partial charge in [-0.25, -0.2) is 32.0 Å². The van der Waals surface area contributed by atoms with E-state index in [0.717, 1.165) is 44.9 Å². The Bertz CT molecular complexity index is 2120. The number of benzene rings is 1. The van der Waals surface area contributed by atoms with Crippen LogP contribution < -0.4 is 24.8 Å². The van der Waals surface area contributed by atoms with Crippen LogP contribution >= 0.6 is 0 Å². The van der Waals surface area contributed by atoms with Crippen molar-refractivity contribution >= 4 is 44.9 Å². The highest BCUT2D eigenvalue weighted by atomic mass is 32.2. The van der Waals surface area contributed by atoms with Gasteiger partial charge in [0.05, 0.1) is 35.9 Å². The van der Waals surface area contributed by atoms with Gasteiger partial charge in [-0.1, -0.05) is 33.6 Å². The Morgan fingerprint density at radius 1 is 1.00 bits per heavy atom. The van der Waals surface area contributed by atoms with Crippen LogP contribution in [0.2, 0.25) is 0 Å². The summed E-state index contributed by atoms with van der Waals surface area (Å²) in [5.41, 5.74) is -1.38. The van der Waals surface area contributed by atoms with Gasteiger partial charge in [0, 0.05) is 12.5 Å². The van der Waals surface area contributed by atoms with Crippen molar-refractivity contribution in [3.63, 3.8) is 0 Å². The van der Waals surface area contributed by atoms with E-state index in [0.29, 0.717) is 47.7 Å². The number of hydrogen-bond acceptors (Lipinski definition) is 11. The van der Waals surface area contributed by atoms with Crippen LogP contribution in [0.4, 0.5) is 13.6 Å². The number of ether oxygens (including phenoxy) is 3. The molecule has 4 bridgehead atoms. The molecule has 0 unspecified atom stereocenters. The predicted molar refractivity (Wildman–Crippen MR) is 209 cm³/mol. The topological polar surface area (TPSA) is 195 Å². The van der Waals surface area contributed by atoms with E-state index in [1.807, 2.05) is 10.8 Å². The van der Waals surface area contributed by atoms with Gasteiger partial charge in [0.2, 0.25) is 34.1 Å². The number of aryl methyl sites for hydroxylation is 1. The van der Waals surface area contributed by atoms with Crippen LogP contribution in [0.5, 0.6) is 11.6 Å². The molecule has 322 valence electrons. The Balaban J connectivity index is 1.14. The van der Waals surface area contributed by atoms with Gasteiger partial charge in [0.25, 0.3) is 5.91 Å². The second kappa shape index (κ2) is 15.6. The van der Waals surface area contributed by atoms with Crippen LogP contribution in [0, 0.1) is 29.1 Å². The molecule has 1 saturated heterocycles. The summed E-state index contributed by atoms with van der Waals surface area (Å²) >= 11 is 0. The van der Waals surface area contributed by atoms with Crippen molar-refractivity contribution < 1.29 is 50.6 Å². The van der Waals surface area contributed by atoms with Crippen molar-refractivity contribution in [2.45, 2.75) is 139 Å². The van der Waals surface area contributed by atoms with Gasteiger partial charge in [0.1, 0.15) is 41.3 Å². The van der Waals surface area contributed by atoms with Crippen molar-refractivity contribution in [1.82, 2.24) is 30.2 Å². The van der Waals surface area contributed by atoms with Gasteiger partial charge >= 0.3 is 6.09 Å². The minimum absolute atomic E-state index is 0.139. The van der Waals surface area contributed by atoms with Crippen LogP contribution in [0.1, 0.15) is 97.1 Å². The molecule has 2 aromatic rings. The predicted octanol–water partition coefficient (Wildman–Crippen LogP) is 4.41. The van der Waals surface area contributed by atoms with Gasteiger partial charge in [-0.05, 0) is 93.1 Å². The number of alkyl halides is 2. The number of amides is 4. The fraction of sp³-hybridized carbons (Fsp3) is 0.707. The SMILES string of the molecule is COc1ccc2nc3c(nc2c1)O[C@@H]1C[C@@H](C(=O)N[C@]2(C(=O)NS(=O)(=O)C4CC4)C[C@H]2C(F)F)N(C1)C(=O)[C@H](C(C)(C)C)NC(=O)O[C@H]1[C@@H]2CC[C@H](C2)[C@@H]1CCCCC3. The van der Waals surface area contributed by atoms with Crippen molar-refractivity contribution in [2.24, 2.45) is 29.1 Å². The number of rotatable bonds is 7. The number of aromatic nitrogens is 2. The number of fused-ring (bicyclic) bond motifs is 9. The summed E-state index contributed by atoms with van der Waals surface area (Å²) in [4.78, 5) is 67.4. The lowest BCUT2D eigenvalue weighted by molar-refractivity contribution is -0.143. The normalized spacial score (nSPS) is 32.6. The van der Waals surface area contributed by atoms with Crippen LogP contribution in [0.3, 0.4) is 0 Å². The number of nitrogens with zero attached hydrogens (tertiary/aromatic N) is 3. The zero-order valence-corrected chi connectivity index (χ0v) is 34.7. The summed E-state index contributed by atoms with van der Waals surface area (Å²) in [5, 5.41) is 4.48. The number of alkyl carbamates (subject to hydrolysis) is 1. The maximum Gasteiger partial charge on any atom is 0.408 e. The first-order valence-corrected chi connectivity index (χ1v) is 22.5. The van der Waals surface area contributed by atoms with E-state index in [4.69, 9.17) is 24.2 Å². The summed E-state index contributed by atoms with van der Waals surface area (Å²) in [6, 6.07) is 2.77. The Kier molecular flexibility index (Phi) is 10.9. The minimum atomic E-state index is -4.14. The second-order valence-electron chi connectivity index (χ2n) is 18.5. The number of carbonyl (C=O) groups is 4. The highest BCUT2D eigenvalue weighted by Crippen LogP contribution is 2.52. The molecule has 15 nitrogen and oxygen atoms in total. The highest BCUT2D eigenvalue weighted by Gasteiger charge is 2.67. The van der Waals surface area contributed by atoms with Crippen LogP contribution in [-0.4, -0.2) is 102 Å². The average Bonchev–Trinajstić information content (AvgIpc) is 4.04. The first-order valence-electron chi connectivity index (χ1n) is 20.9. The highest BCUT2D eigenvalue weighted by molar-refractivity contribution is 7.91. The van der Waals surface area contributed by atoms with Crippen molar-refractivity contribution in [3.8, 4) is 11.6 Å². The quantitative estimate of drug-likeness (QED) is 0.358. The molecule has 3 heterocycles. The fourth-order valence-corrected chi connectivity index (χ4v) is 11.3. The van der Waals surface area contributed by atoms with Gasteiger partial charge < -0.3 is 29.7 Å². The molecule has 2 aliphatic heterocycles. The number of hydrogen-bond donors (Lipinski definition) is 3. The summed E-state index contributed by atoms with van der Waals surface area (Å²) < 4.78 is 74.0. The van der Waals surface area contributed by atoms with Gasteiger partial charge in [-0.15, -0.1) is 0 Å². The maximum atomic E-state index is 14.8. The van der Waals surface area contributed by atoms with E-state index in [9.17, 15) is 36.4 Å². The molecule has 3 N–H and O–H groups in total. The van der Waals surface area contributed by atoms with E-state index in [2.05, 4.69) is 10.6 Å². The third-order valence-electron chi connectivity index (χ3n) is 13.4. The van der Waals surface area contributed by atoms with Crippen molar-refractivity contribution in [3.05, 3.63) is 23.9 Å². The fourth-order valence-electron chi connectivity index (χ4n) is 9.89. The van der Waals surface area contributed by atoms with Crippen molar-refractivity contribution in [1.29, 1.82) is 0 Å². The lowest BCUT2D eigenvalue weighted by Gasteiger charge is -2.36. The molecule has 9 atom stereocenters. The molecule has 1 aromatic carbocycles. The first-order chi connectivity index (χ1) is 28.0. The standard InChI is InChI=1S/C41H54F2N6O9S/c1-40(2,3)33-37(51)49-20-24(18-31(49)35(50)47-41(19-27(41)34(42)43)38(52)48-59(54,55)25-13-14-25)57-36-29(44-28-15-12-23(56-4)17-30(28)45-36)9-7-5-6-8-26-21-10-11-22(16-21)32(26)58-39(53)46-33/h12,15,17,21-22,24-27,31-34H,5-11,13-14,16,18-20H2,1-4H3,(H,46,53)(H,47,50)(H,48,52)/t21-,22-,24-,26+,27+,31+,32+,33-,41-/m1/s1. The zero-order chi connectivity index (χ0) is 42.0. The minimum Gasteiger partial charge on any atom is -0.497 e. The maximum absolute atomic E-state index is 14.8. The van der Waals surface area contributed by atoms with Gasteiger partial charge in [-0.2, -0.15) is 0 Å². The van der Waals surface area contributed by atoms with E-state index < -0.39 is 87.0 Å². The molecule has 1 aromatic heterocycles. The van der Waals surface area contributed by atoms with Gasteiger partial charge in [0.15, 0.2) is 0 Å². The summed E-state index contributed by atoms with van der Waals surface area (Å²) in [7, 11) is -2.60.